The minimum Gasteiger partial charge on any atom is -0.450 e. The molecule has 0 aliphatic heterocycles. The molecule has 4 rings (SSSR count). The van der Waals surface area contributed by atoms with E-state index in [0.29, 0.717) is 23.8 Å². The van der Waals surface area contributed by atoms with Gasteiger partial charge in [-0.1, -0.05) is 35.5 Å². The summed E-state index contributed by atoms with van der Waals surface area (Å²) in [6.07, 6.45) is -7.03. The van der Waals surface area contributed by atoms with Crippen LogP contribution in [0.3, 0.4) is 0 Å². The Labute approximate surface area is 192 Å². The van der Waals surface area contributed by atoms with Gasteiger partial charge in [0.2, 0.25) is 15.8 Å². The van der Waals surface area contributed by atoms with E-state index in [-0.39, 0.29) is 26.7 Å². The van der Waals surface area contributed by atoms with Gasteiger partial charge in [0.1, 0.15) is 9.90 Å². The zero-order valence-corrected chi connectivity index (χ0v) is 18.3. The summed E-state index contributed by atoms with van der Waals surface area (Å²) in [6, 6.07) is 12.1. The molecule has 1 saturated carbocycles. The first-order valence-electron chi connectivity index (χ1n) is 9.23. The van der Waals surface area contributed by atoms with E-state index in [1.807, 2.05) is 30.3 Å². The number of hydrogen-bond donors (Lipinski definition) is 3. The number of carboxylic acid groups (broad SMARTS) is 2. The number of nitrogens with zero attached hydrogens (tertiary/aromatic N) is 1. The summed E-state index contributed by atoms with van der Waals surface area (Å²) in [5.41, 5.74) is 0.701. The van der Waals surface area contributed by atoms with E-state index in [1.165, 1.54) is 12.1 Å². The van der Waals surface area contributed by atoms with Crippen molar-refractivity contribution in [2.75, 3.05) is 0 Å². The Balaban J connectivity index is 0.000000751. The number of hydrogen-bond acceptors (Lipinski definition) is 6. The largest absolute Gasteiger partial charge is 0.503 e. The molecule has 15 heteroatoms. The maximum atomic E-state index is 13.4. The third-order valence-electron chi connectivity index (χ3n) is 4.60. The van der Waals surface area contributed by atoms with Crippen LogP contribution in [0.2, 0.25) is 0 Å². The molecule has 2 atom stereocenters. The predicted octanol–water partition coefficient (Wildman–Crippen LogP) is 5.11. The Morgan fingerprint density at radius 3 is 2.29 bits per heavy atom. The van der Waals surface area contributed by atoms with Gasteiger partial charge in [-0.2, -0.15) is 22.0 Å². The van der Waals surface area contributed by atoms with Gasteiger partial charge in [-0.25, -0.2) is 17.9 Å². The maximum Gasteiger partial charge on any atom is 0.503 e. The second-order valence-electron chi connectivity index (χ2n) is 7.03. The molecular formula is C19H15F5N2O6S2. The lowest BCUT2D eigenvalue weighted by Gasteiger charge is -2.15. The van der Waals surface area contributed by atoms with Crippen LogP contribution in [-0.2, 0) is 15.9 Å². The number of halogens is 5. The summed E-state index contributed by atoms with van der Waals surface area (Å²) < 4.78 is 95.9. The van der Waals surface area contributed by atoms with E-state index in [1.54, 1.807) is 0 Å². The zero-order valence-electron chi connectivity index (χ0n) is 16.7. The highest BCUT2D eigenvalue weighted by molar-refractivity contribution is 7.91. The normalized spacial score (nSPS) is 18.1. The molecule has 184 valence electrons. The van der Waals surface area contributed by atoms with Crippen LogP contribution in [0.15, 0.2) is 57.3 Å². The first-order chi connectivity index (χ1) is 15.7. The van der Waals surface area contributed by atoms with E-state index in [4.69, 9.17) is 15.0 Å². The van der Waals surface area contributed by atoms with Crippen molar-refractivity contribution in [1.82, 2.24) is 9.88 Å². The van der Waals surface area contributed by atoms with Crippen molar-refractivity contribution in [2.24, 2.45) is 0 Å². The molecule has 3 N–H and O–H groups in total. The molecule has 1 aliphatic carbocycles. The van der Waals surface area contributed by atoms with Crippen LogP contribution in [0.5, 0.6) is 0 Å². The third-order valence-corrected chi connectivity index (χ3v) is 7.69. The fraction of sp³-hybridized carbons (Fsp3) is 0.263. The highest BCUT2D eigenvalue weighted by Gasteiger charge is 2.61. The van der Waals surface area contributed by atoms with Crippen LogP contribution in [0.4, 0.5) is 26.7 Å². The highest BCUT2D eigenvalue weighted by atomic mass is 32.2. The molecule has 1 aromatic carbocycles. The lowest BCUT2D eigenvalue weighted by molar-refractivity contribution is -0.296. The SMILES string of the molecule is O=C(O)O.O=S(=O)(N[C@H]1C[C@@H]1c1ccccc1)c1ccc(-c2cc(C(F)(F)C(F)(F)F)on2)s1. The average Bonchev–Trinajstić information content (AvgIpc) is 3.13. The molecule has 0 amide bonds. The molecule has 0 unspecified atom stereocenters. The van der Waals surface area contributed by atoms with Gasteiger partial charge < -0.3 is 14.7 Å². The monoisotopic (exact) mass is 526 g/mol. The van der Waals surface area contributed by atoms with Crippen molar-refractivity contribution in [3.8, 4) is 10.6 Å². The third kappa shape index (κ3) is 5.71. The van der Waals surface area contributed by atoms with E-state index >= 15 is 0 Å². The molecular weight excluding hydrogens is 511 g/mol. The van der Waals surface area contributed by atoms with Crippen molar-refractivity contribution >= 4 is 27.5 Å². The van der Waals surface area contributed by atoms with E-state index in [2.05, 4.69) is 14.4 Å². The number of rotatable bonds is 6. The molecule has 0 bridgehead atoms. The van der Waals surface area contributed by atoms with Gasteiger partial charge in [-0.15, -0.1) is 11.3 Å². The predicted molar refractivity (Wildman–Crippen MR) is 108 cm³/mol. The Morgan fingerprint density at radius 1 is 1.09 bits per heavy atom. The van der Waals surface area contributed by atoms with Crippen LogP contribution in [0, 0.1) is 0 Å². The van der Waals surface area contributed by atoms with Crippen LogP contribution in [0.1, 0.15) is 23.7 Å². The Morgan fingerprint density at radius 2 is 1.71 bits per heavy atom. The molecule has 2 aromatic heterocycles. The van der Waals surface area contributed by atoms with Crippen molar-refractivity contribution in [2.45, 2.75) is 34.7 Å². The van der Waals surface area contributed by atoms with Gasteiger partial charge in [-0.3, -0.25) is 0 Å². The maximum absolute atomic E-state index is 13.4. The summed E-state index contributed by atoms with van der Waals surface area (Å²) in [6.45, 7) is 0. The lowest BCUT2D eigenvalue weighted by atomic mass is 10.1. The highest BCUT2D eigenvalue weighted by Crippen LogP contribution is 2.45. The molecule has 8 nitrogen and oxygen atoms in total. The first kappa shape index (κ1) is 25.6. The topological polar surface area (TPSA) is 130 Å². The van der Waals surface area contributed by atoms with Crippen LogP contribution < -0.4 is 4.72 Å². The molecule has 0 spiro atoms. The van der Waals surface area contributed by atoms with Gasteiger partial charge in [0.15, 0.2) is 0 Å². The average molecular weight is 526 g/mol. The van der Waals surface area contributed by atoms with E-state index < -0.39 is 34.0 Å². The number of nitrogens with one attached hydrogen (secondary N) is 1. The Hall–Kier alpha value is -3.04. The Kier molecular flexibility index (Phi) is 7.00. The van der Waals surface area contributed by atoms with Gasteiger partial charge in [0.05, 0.1) is 4.88 Å². The molecule has 34 heavy (non-hydrogen) atoms. The van der Waals surface area contributed by atoms with E-state index in [9.17, 15) is 30.4 Å². The fourth-order valence-corrected chi connectivity index (χ4v) is 5.50. The van der Waals surface area contributed by atoms with Gasteiger partial charge in [0.25, 0.3) is 0 Å². The summed E-state index contributed by atoms with van der Waals surface area (Å²) in [5, 5.41) is 17.2. The molecule has 1 aliphatic rings. The number of aromatic nitrogens is 1. The van der Waals surface area contributed by atoms with Crippen molar-refractivity contribution in [3.05, 3.63) is 59.9 Å². The number of carbonyl (C=O) groups is 1. The van der Waals surface area contributed by atoms with Gasteiger partial charge in [0, 0.05) is 18.0 Å². The molecule has 0 radical (unpaired) electrons. The minimum atomic E-state index is -5.84. The second kappa shape index (κ2) is 9.31. The van der Waals surface area contributed by atoms with Crippen LogP contribution in [-0.4, -0.2) is 42.2 Å². The smallest absolute Gasteiger partial charge is 0.450 e. The van der Waals surface area contributed by atoms with Crippen molar-refractivity contribution < 1.29 is 49.9 Å². The minimum absolute atomic E-state index is 0.0584. The molecule has 3 aromatic rings. The van der Waals surface area contributed by atoms with Gasteiger partial charge >= 0.3 is 18.3 Å². The fourth-order valence-electron chi connectivity index (χ4n) is 2.93. The first-order valence-corrected chi connectivity index (χ1v) is 11.5. The van der Waals surface area contributed by atoms with Crippen molar-refractivity contribution in [1.29, 1.82) is 0 Å². The summed E-state index contributed by atoms with van der Waals surface area (Å²) in [7, 11) is -3.89. The van der Waals surface area contributed by atoms with Crippen LogP contribution >= 0.6 is 11.3 Å². The number of benzene rings is 1. The quantitative estimate of drug-likeness (QED) is 0.381. The number of sulfonamides is 1. The summed E-state index contributed by atoms with van der Waals surface area (Å²) in [5.74, 6) is -6.81. The van der Waals surface area contributed by atoms with E-state index in [0.717, 1.165) is 5.56 Å². The zero-order chi connectivity index (χ0) is 25.3. The van der Waals surface area contributed by atoms with Crippen LogP contribution in [0.25, 0.3) is 10.6 Å². The summed E-state index contributed by atoms with van der Waals surface area (Å²) in [4.78, 5) is 8.64. The second-order valence-corrected chi connectivity index (χ2v) is 10.1. The molecule has 0 saturated heterocycles. The molecule has 1 fully saturated rings. The lowest BCUT2D eigenvalue weighted by Crippen LogP contribution is -2.33. The Bertz CT molecular complexity index is 1250. The van der Waals surface area contributed by atoms with Gasteiger partial charge in [-0.05, 0) is 24.1 Å². The molecule has 2 heterocycles. The number of thiophene rings is 1. The summed E-state index contributed by atoms with van der Waals surface area (Å²) >= 11 is 0.692. The number of alkyl halides is 5. The van der Waals surface area contributed by atoms with Crippen molar-refractivity contribution in [3.63, 3.8) is 0 Å². The standard InChI is InChI=1S/C18H13F5N2O3S2.CH2O3/c19-17(20,18(21,22)23)15-9-13(24-28-15)14-6-7-16(29-14)30(26,27)25-12-8-11(12)10-4-2-1-3-5-10;2-1(3)4/h1-7,9,11-12,25H,8H2;(H2,2,3,4)/t11-,12+;/m1./s1.